The molecule has 0 fully saturated rings. The first-order chi connectivity index (χ1) is 50.5. The molecule has 9 heterocycles. The summed E-state index contributed by atoms with van der Waals surface area (Å²) >= 11 is 0. The van der Waals surface area contributed by atoms with Crippen molar-refractivity contribution in [3.05, 3.63) is 334 Å². The third kappa shape index (κ3) is 10.6. The summed E-state index contributed by atoms with van der Waals surface area (Å²) < 4.78 is 0. The van der Waals surface area contributed by atoms with Crippen LogP contribution in [-0.4, -0.2) is 64.9 Å². The number of pyridine rings is 7. The predicted octanol–water partition coefficient (Wildman–Crippen LogP) is 20.9. The summed E-state index contributed by atoms with van der Waals surface area (Å²) in [6.07, 6.45) is 3.58. The van der Waals surface area contributed by atoms with Crippen molar-refractivity contribution in [2.75, 3.05) is 0 Å². The monoisotopic (exact) mass is 1310 g/mol. The van der Waals surface area contributed by atoms with E-state index in [1.54, 1.807) is 22.0 Å². The van der Waals surface area contributed by atoms with Crippen LogP contribution in [0.25, 0.3) is 189 Å². The first-order valence-corrected chi connectivity index (χ1v) is 33.7. The number of rotatable bonds is 10. The van der Waals surface area contributed by atoms with Crippen LogP contribution < -0.4 is 0 Å². The van der Waals surface area contributed by atoms with Crippen LogP contribution in [0.2, 0.25) is 0 Å². The number of hydrogen-bond acceptors (Lipinski definition) is 11. The van der Waals surface area contributed by atoms with Crippen LogP contribution >= 0.6 is 0 Å². The maximum absolute atomic E-state index is 5.35. The number of nitrogens with zero attached hydrogens (tertiary/aromatic N) is 13. The van der Waals surface area contributed by atoms with Crippen LogP contribution in [0.1, 0.15) is 0 Å². The molecule has 0 spiro atoms. The second-order valence-corrected chi connectivity index (χ2v) is 25.0. The molecule has 0 saturated heterocycles. The predicted molar refractivity (Wildman–Crippen MR) is 411 cm³/mol. The fraction of sp³-hybridized carbons (Fsp3) is 0. The van der Waals surface area contributed by atoms with Gasteiger partial charge in [-0.2, -0.15) is 9.59 Å². The van der Waals surface area contributed by atoms with E-state index in [1.807, 2.05) is 140 Å². The number of aromatic nitrogens is 13. The maximum atomic E-state index is 5.35. The van der Waals surface area contributed by atoms with Crippen LogP contribution in [-0.2, 0) is 0 Å². The number of fused-ring (bicyclic) bond motifs is 13. The van der Waals surface area contributed by atoms with Gasteiger partial charge in [0.05, 0.1) is 79.0 Å². The maximum Gasteiger partial charge on any atom is 0.123 e. The minimum absolute atomic E-state index is 0.775. The zero-order valence-corrected chi connectivity index (χ0v) is 54.6. The Morgan fingerprint density at radius 2 is 0.618 bits per heavy atom. The Labute approximate surface area is 584 Å². The summed E-state index contributed by atoms with van der Waals surface area (Å²) in [4.78, 5) is 38.6. The van der Waals surface area contributed by atoms with E-state index < -0.39 is 0 Å². The Kier molecular flexibility index (Phi) is 14.5. The third-order valence-electron chi connectivity index (χ3n) is 18.8. The van der Waals surface area contributed by atoms with Gasteiger partial charge in [-0.15, -0.1) is 20.4 Å². The quantitative estimate of drug-likeness (QED) is 0.120. The molecule has 102 heavy (non-hydrogen) atoms. The zero-order valence-electron chi connectivity index (χ0n) is 54.6. The van der Waals surface area contributed by atoms with Gasteiger partial charge in [0.25, 0.3) is 0 Å². The standard InChI is InChI=1S/C46H29N7.C43H26N6/c1-3-13-32(14-4-1)44-37-29-36(45-46(43(37)35-17-7-8-18-38(35)50-44)52-53(51-45)34-15-5-2-6-16-34)31-23-21-30(22-24-31)33-27-41(39-19-9-11-25-47-39)49-42(28-33)40-20-10-12-26-48-40;1-4-12-27(13-5-1)35-24-22-29-20-21-30-23-25-37(46-41(30)40(29)44-35)33-26-34-38(43-42(33)47-49(48-43)31-16-8-3-9-17-31)32-18-10-11-19-36(32)45-39(34)28-14-6-2-7-15-28/h1-29H;1-26H. The molecule has 0 bridgehead atoms. The second-order valence-electron chi connectivity index (χ2n) is 25.0. The summed E-state index contributed by atoms with van der Waals surface area (Å²) in [5.74, 6) is 0. The Morgan fingerprint density at radius 3 is 1.12 bits per heavy atom. The summed E-state index contributed by atoms with van der Waals surface area (Å²) in [6, 6.07) is 109. The third-order valence-corrected chi connectivity index (χ3v) is 18.8. The van der Waals surface area contributed by atoms with Crippen LogP contribution in [0.15, 0.2) is 334 Å². The van der Waals surface area contributed by atoms with Gasteiger partial charge in [-0.05, 0) is 114 Å². The van der Waals surface area contributed by atoms with Crippen LogP contribution in [0.4, 0.5) is 0 Å². The highest BCUT2D eigenvalue weighted by Crippen LogP contribution is 2.44. The highest BCUT2D eigenvalue weighted by molar-refractivity contribution is 6.25. The Balaban J connectivity index is 0.000000142. The minimum atomic E-state index is 0.775. The molecule has 476 valence electrons. The molecule has 13 nitrogen and oxygen atoms in total. The number of para-hydroxylation sites is 4. The van der Waals surface area contributed by atoms with Crippen LogP contribution in [0, 0.1) is 0 Å². The minimum Gasteiger partial charge on any atom is -0.255 e. The van der Waals surface area contributed by atoms with E-state index in [1.165, 1.54) is 0 Å². The van der Waals surface area contributed by atoms with Crippen molar-refractivity contribution in [1.29, 1.82) is 0 Å². The lowest BCUT2D eigenvalue weighted by Gasteiger charge is -2.13. The van der Waals surface area contributed by atoms with Crippen molar-refractivity contribution >= 4 is 87.2 Å². The molecule has 20 rings (SSSR count). The average molecular weight is 1310 g/mol. The van der Waals surface area contributed by atoms with Crippen molar-refractivity contribution in [3.8, 4) is 101 Å². The zero-order chi connectivity index (χ0) is 67.5. The van der Waals surface area contributed by atoms with Crippen molar-refractivity contribution in [3.63, 3.8) is 0 Å². The van der Waals surface area contributed by atoms with Gasteiger partial charge < -0.3 is 0 Å². The van der Waals surface area contributed by atoms with E-state index in [2.05, 4.69) is 192 Å². The normalized spacial score (nSPS) is 11.5. The highest BCUT2D eigenvalue weighted by atomic mass is 15.5. The van der Waals surface area contributed by atoms with Crippen LogP contribution in [0.5, 0.6) is 0 Å². The Morgan fingerprint density at radius 1 is 0.216 bits per heavy atom. The Bertz CT molecular complexity index is 6520. The van der Waals surface area contributed by atoms with Gasteiger partial charge in [0.2, 0.25) is 0 Å². The molecule has 0 amide bonds. The van der Waals surface area contributed by atoms with E-state index in [0.29, 0.717) is 0 Å². The van der Waals surface area contributed by atoms with Crippen LogP contribution in [0.3, 0.4) is 0 Å². The SMILES string of the molecule is c1ccc(-c2ccc3ccc4ccc(-c5cc6c(-c7ccccc7)nc7ccccc7c6c6nn(-c7ccccc7)nc56)nc4c3n2)cc1.c1ccc(-c2nc3ccccc3c3c2cc(-c2ccc(-c4cc(-c5ccccn5)nc(-c5ccccn5)c4)cc2)c2nn(-c4ccccc4)nc23)cc1. The molecular formula is C89H55N13. The number of benzene rings is 11. The van der Waals surface area contributed by atoms with Gasteiger partial charge >= 0.3 is 0 Å². The average Bonchev–Trinajstić information content (AvgIpc) is 1.48. The molecule has 0 N–H and O–H groups in total. The molecule has 0 atom stereocenters. The molecule has 9 aromatic heterocycles. The molecule has 0 aliphatic rings. The molecule has 0 unspecified atom stereocenters. The molecule has 11 aromatic carbocycles. The van der Waals surface area contributed by atoms with E-state index in [4.69, 9.17) is 45.3 Å². The smallest absolute Gasteiger partial charge is 0.123 e. The fourth-order valence-electron chi connectivity index (χ4n) is 13.9. The molecular weight excluding hydrogens is 1250 g/mol. The first kappa shape index (κ1) is 59.1. The highest BCUT2D eigenvalue weighted by Gasteiger charge is 2.24. The van der Waals surface area contributed by atoms with Crippen molar-refractivity contribution in [1.82, 2.24) is 64.9 Å². The van der Waals surface area contributed by atoms with Crippen molar-refractivity contribution in [2.45, 2.75) is 0 Å². The van der Waals surface area contributed by atoms with Gasteiger partial charge in [0.15, 0.2) is 0 Å². The van der Waals surface area contributed by atoms with Gasteiger partial charge in [-0.25, -0.2) is 24.9 Å². The number of hydrogen-bond donors (Lipinski definition) is 0. The molecule has 0 aliphatic carbocycles. The summed E-state index contributed by atoms with van der Waals surface area (Å²) in [7, 11) is 0. The van der Waals surface area contributed by atoms with Crippen molar-refractivity contribution in [2.24, 2.45) is 0 Å². The van der Waals surface area contributed by atoms with E-state index in [0.717, 1.165) is 189 Å². The lowest BCUT2D eigenvalue weighted by Crippen LogP contribution is -1.97. The van der Waals surface area contributed by atoms with E-state index >= 15 is 0 Å². The van der Waals surface area contributed by atoms with Gasteiger partial charge in [-0.3, -0.25) is 9.97 Å². The topological polar surface area (TPSA) is 152 Å². The van der Waals surface area contributed by atoms with E-state index in [-0.39, 0.29) is 0 Å². The molecule has 0 aliphatic heterocycles. The molecule has 0 radical (unpaired) electrons. The molecule has 0 saturated carbocycles. The van der Waals surface area contributed by atoms with Crippen molar-refractivity contribution < 1.29 is 0 Å². The summed E-state index contributed by atoms with van der Waals surface area (Å²) in [5, 5.41) is 28.9. The van der Waals surface area contributed by atoms with Gasteiger partial charge in [0.1, 0.15) is 22.1 Å². The molecule has 20 aromatic rings. The lowest BCUT2D eigenvalue weighted by molar-refractivity contribution is 0.766. The summed E-state index contributed by atoms with van der Waals surface area (Å²) in [6.45, 7) is 0. The fourth-order valence-corrected chi connectivity index (χ4v) is 13.9. The van der Waals surface area contributed by atoms with E-state index in [9.17, 15) is 0 Å². The Hall–Kier alpha value is -14.2. The van der Waals surface area contributed by atoms with Gasteiger partial charge in [-0.1, -0.05) is 224 Å². The summed E-state index contributed by atoms with van der Waals surface area (Å²) in [5.41, 5.74) is 23.4. The first-order valence-electron chi connectivity index (χ1n) is 33.7. The molecule has 13 heteroatoms. The second kappa shape index (κ2) is 25.0. The van der Waals surface area contributed by atoms with Gasteiger partial charge in [0, 0.05) is 83.3 Å². The lowest BCUT2D eigenvalue weighted by atomic mass is 9.93. The largest absolute Gasteiger partial charge is 0.255 e.